The fraction of sp³-hybridized carbons (Fsp3) is 0.242. The number of carboxylic acid groups (broad SMARTS) is 1. The highest BCUT2D eigenvalue weighted by Gasteiger charge is 2.27. The number of nitrogens with one attached hydrogen (secondary N) is 2. The summed E-state index contributed by atoms with van der Waals surface area (Å²) in [5.41, 5.74) is -2.29. The number of rotatable bonds is 11. The van der Waals surface area contributed by atoms with Crippen LogP contribution in [0.25, 0.3) is 5.69 Å². The molecule has 1 atom stereocenters. The lowest BCUT2D eigenvalue weighted by Crippen LogP contribution is -2.43. The van der Waals surface area contributed by atoms with Gasteiger partial charge in [0.15, 0.2) is 5.78 Å². The van der Waals surface area contributed by atoms with E-state index in [1.54, 1.807) is 0 Å². The Morgan fingerprint density at radius 2 is 1.50 bits per heavy atom. The van der Waals surface area contributed by atoms with E-state index in [9.17, 15) is 37.5 Å². The number of benzene rings is 3. The summed E-state index contributed by atoms with van der Waals surface area (Å²) in [6, 6.07) is 11.4. The maximum atomic E-state index is 15.0. The molecule has 1 aromatic heterocycles. The summed E-state index contributed by atoms with van der Waals surface area (Å²) in [4.78, 5) is 61.5. The van der Waals surface area contributed by atoms with E-state index in [2.05, 4.69) is 5.32 Å². The maximum Gasteiger partial charge on any atom is 0.335 e. The molecule has 1 heterocycles. The van der Waals surface area contributed by atoms with Crippen LogP contribution in [0, 0.1) is 17.0 Å². The summed E-state index contributed by atoms with van der Waals surface area (Å²) in [5, 5.41) is 11.8. The monoisotopic (exact) mass is 682 g/mol. The van der Waals surface area contributed by atoms with Crippen molar-refractivity contribution in [3.63, 3.8) is 0 Å². The summed E-state index contributed by atoms with van der Waals surface area (Å²) in [5.74, 6) is -6.03. The molecule has 48 heavy (non-hydrogen) atoms. The van der Waals surface area contributed by atoms with Gasteiger partial charge in [0.2, 0.25) is 0 Å². The normalized spacial score (nSPS) is 12.3. The predicted molar refractivity (Wildman–Crippen MR) is 172 cm³/mol. The van der Waals surface area contributed by atoms with Crippen LogP contribution in [0.1, 0.15) is 53.5 Å². The third kappa shape index (κ3) is 8.28. The van der Waals surface area contributed by atoms with Crippen LogP contribution in [0.2, 0.25) is 0 Å². The zero-order valence-corrected chi connectivity index (χ0v) is 27.1. The molecule has 0 saturated carbocycles. The second kappa shape index (κ2) is 13.7. The van der Waals surface area contributed by atoms with Gasteiger partial charge in [-0.05, 0) is 47.4 Å². The topological polar surface area (TPSA) is 174 Å². The minimum atomic E-state index is -4.36. The standard InChI is InChI=1S/C33H32F2N4O8S/c1-33(2,3)18-27(40)20-7-11-23(12-8-20)48(46,47)37-21-16-24(34)29(25(35)17-21)30(42)36-26(31(43)44)15-19-5-9-22(10-6-19)39-28(41)13-14-38(4)32(39)45/h5-14,16-17,26,37H,15,18H2,1-4H3,(H,36,42)(H,43,44)/t26-/m0/s1. The van der Waals surface area contributed by atoms with Crippen LogP contribution in [0.3, 0.4) is 0 Å². The van der Waals surface area contributed by atoms with Gasteiger partial charge in [0.1, 0.15) is 23.2 Å². The largest absolute Gasteiger partial charge is 0.480 e. The molecule has 1 amide bonds. The number of ketones is 1. The summed E-state index contributed by atoms with van der Waals surface area (Å²) in [6.07, 6.45) is 1.22. The number of sulfonamides is 1. The van der Waals surface area contributed by atoms with Crippen molar-refractivity contribution in [2.24, 2.45) is 12.5 Å². The van der Waals surface area contributed by atoms with Crippen molar-refractivity contribution >= 4 is 33.4 Å². The minimum Gasteiger partial charge on any atom is -0.480 e. The first-order chi connectivity index (χ1) is 22.4. The van der Waals surface area contributed by atoms with E-state index >= 15 is 8.78 Å². The number of aromatic nitrogens is 2. The molecule has 3 N–H and O–H groups in total. The summed E-state index contributed by atoms with van der Waals surface area (Å²) >= 11 is 0. The van der Waals surface area contributed by atoms with Gasteiger partial charge in [0, 0.05) is 37.7 Å². The number of aliphatic carboxylic acids is 1. The van der Waals surface area contributed by atoms with E-state index in [0.717, 1.165) is 4.57 Å². The molecule has 3 aromatic carbocycles. The zero-order chi connectivity index (χ0) is 35.6. The quantitative estimate of drug-likeness (QED) is 0.201. The first-order valence-corrected chi connectivity index (χ1v) is 15.9. The maximum absolute atomic E-state index is 15.0. The Morgan fingerprint density at radius 1 is 0.917 bits per heavy atom. The van der Waals surface area contributed by atoms with Crippen LogP contribution in [0.4, 0.5) is 14.5 Å². The van der Waals surface area contributed by atoms with Crippen molar-refractivity contribution in [2.45, 2.75) is 44.6 Å². The minimum absolute atomic E-state index is 0.185. The highest BCUT2D eigenvalue weighted by Crippen LogP contribution is 2.25. The van der Waals surface area contributed by atoms with Crippen molar-refractivity contribution < 1.29 is 36.7 Å². The number of carbonyl (C=O) groups excluding carboxylic acids is 2. The van der Waals surface area contributed by atoms with E-state index in [-0.39, 0.29) is 34.6 Å². The van der Waals surface area contributed by atoms with Gasteiger partial charge in [-0.3, -0.25) is 19.1 Å². The van der Waals surface area contributed by atoms with Crippen molar-refractivity contribution in [1.29, 1.82) is 0 Å². The number of carbonyl (C=O) groups is 3. The molecule has 15 heteroatoms. The Bertz CT molecular complexity index is 2100. The molecule has 0 aliphatic carbocycles. The second-order valence-electron chi connectivity index (χ2n) is 12.2. The molecule has 4 aromatic rings. The number of amides is 1. The van der Waals surface area contributed by atoms with E-state index in [1.807, 2.05) is 25.5 Å². The first kappa shape index (κ1) is 35.4. The number of hydrogen-bond donors (Lipinski definition) is 3. The van der Waals surface area contributed by atoms with Crippen LogP contribution in [0.5, 0.6) is 0 Å². The lowest BCUT2D eigenvalue weighted by atomic mass is 9.88. The van der Waals surface area contributed by atoms with Crippen LogP contribution in [0.15, 0.2) is 87.4 Å². The van der Waals surface area contributed by atoms with Crippen molar-refractivity contribution in [1.82, 2.24) is 14.5 Å². The molecular weight excluding hydrogens is 650 g/mol. The lowest BCUT2D eigenvalue weighted by molar-refractivity contribution is -0.139. The van der Waals surface area contributed by atoms with Gasteiger partial charge in [0.05, 0.1) is 16.3 Å². The second-order valence-corrected chi connectivity index (χ2v) is 13.9. The molecule has 0 spiro atoms. The molecule has 12 nitrogen and oxygen atoms in total. The molecule has 0 radical (unpaired) electrons. The van der Waals surface area contributed by atoms with Gasteiger partial charge < -0.3 is 15.0 Å². The van der Waals surface area contributed by atoms with E-state index in [0.29, 0.717) is 23.3 Å². The summed E-state index contributed by atoms with van der Waals surface area (Å²) in [7, 11) is -2.90. The Hall–Kier alpha value is -5.44. The molecule has 0 aliphatic rings. The van der Waals surface area contributed by atoms with Gasteiger partial charge in [-0.1, -0.05) is 45.0 Å². The smallest absolute Gasteiger partial charge is 0.335 e. The number of Topliss-reactive ketones (excluding diaryl/α,β-unsaturated/α-hetero) is 1. The summed E-state index contributed by atoms with van der Waals surface area (Å²) < 4.78 is 59.9. The molecule has 0 fully saturated rings. The van der Waals surface area contributed by atoms with Gasteiger partial charge >= 0.3 is 11.7 Å². The van der Waals surface area contributed by atoms with Crippen molar-refractivity contribution in [3.05, 3.63) is 122 Å². The molecule has 0 bridgehead atoms. The van der Waals surface area contributed by atoms with Gasteiger partial charge in [-0.15, -0.1) is 0 Å². The molecule has 0 saturated heterocycles. The summed E-state index contributed by atoms with van der Waals surface area (Å²) in [6.45, 7) is 5.65. The van der Waals surface area contributed by atoms with Gasteiger partial charge in [-0.25, -0.2) is 31.4 Å². The van der Waals surface area contributed by atoms with Gasteiger partial charge in [-0.2, -0.15) is 0 Å². The van der Waals surface area contributed by atoms with Crippen LogP contribution >= 0.6 is 0 Å². The molecule has 252 valence electrons. The fourth-order valence-corrected chi connectivity index (χ4v) is 5.76. The number of nitrogens with zero attached hydrogens (tertiary/aromatic N) is 2. The number of aryl methyl sites for hydroxylation is 1. The van der Waals surface area contributed by atoms with Crippen LogP contribution in [-0.2, 0) is 28.3 Å². The average molecular weight is 683 g/mol. The average Bonchev–Trinajstić information content (AvgIpc) is 2.98. The Labute approximate surface area is 273 Å². The third-order valence-electron chi connectivity index (χ3n) is 7.09. The SMILES string of the molecule is Cn1ccc(=O)n(-c2ccc(C[C@H](NC(=O)c3c(F)cc(NS(=O)(=O)c4ccc(C(=O)CC(C)(C)C)cc4)cc3F)C(=O)O)cc2)c1=O. The third-order valence-corrected chi connectivity index (χ3v) is 8.49. The molecule has 4 rings (SSSR count). The fourth-order valence-electron chi connectivity index (χ4n) is 4.72. The Balaban J connectivity index is 1.48. The van der Waals surface area contributed by atoms with E-state index in [1.165, 1.54) is 72.4 Å². The predicted octanol–water partition coefficient (Wildman–Crippen LogP) is 3.66. The highest BCUT2D eigenvalue weighted by atomic mass is 32.2. The van der Waals surface area contributed by atoms with Crippen LogP contribution in [-0.4, -0.2) is 46.4 Å². The first-order valence-electron chi connectivity index (χ1n) is 14.4. The lowest BCUT2D eigenvalue weighted by Gasteiger charge is -2.17. The Morgan fingerprint density at radius 3 is 2.04 bits per heavy atom. The number of hydrogen-bond acceptors (Lipinski definition) is 7. The number of carboxylic acids is 1. The molecule has 0 aliphatic heterocycles. The zero-order valence-electron chi connectivity index (χ0n) is 26.3. The highest BCUT2D eigenvalue weighted by molar-refractivity contribution is 7.92. The van der Waals surface area contributed by atoms with Crippen LogP contribution < -0.4 is 21.3 Å². The Kier molecular flexibility index (Phi) is 10.1. The van der Waals surface area contributed by atoms with Crippen molar-refractivity contribution in [2.75, 3.05) is 4.72 Å². The molecular formula is C33H32F2N4O8S. The number of halogens is 2. The van der Waals surface area contributed by atoms with Crippen molar-refractivity contribution in [3.8, 4) is 5.69 Å². The van der Waals surface area contributed by atoms with Gasteiger partial charge in [0.25, 0.3) is 21.5 Å². The van der Waals surface area contributed by atoms with E-state index in [4.69, 9.17) is 0 Å². The molecule has 0 unspecified atom stereocenters. The number of anilines is 1. The van der Waals surface area contributed by atoms with E-state index < -0.39 is 62.1 Å².